The van der Waals surface area contributed by atoms with Crippen LogP contribution in [0.15, 0.2) is 17.0 Å². The maximum Gasteiger partial charge on any atom is 0.264 e. The van der Waals surface area contributed by atoms with Crippen molar-refractivity contribution in [3.05, 3.63) is 23.8 Å². The highest BCUT2D eigenvalue weighted by molar-refractivity contribution is 8.13. The molecule has 0 unspecified atom stereocenters. The topological polar surface area (TPSA) is 43.4 Å². The number of ether oxygens (including phenoxy) is 1. The van der Waals surface area contributed by atoms with E-state index in [0.717, 1.165) is 23.6 Å². The van der Waals surface area contributed by atoms with Gasteiger partial charge in [0.2, 0.25) is 5.82 Å². The van der Waals surface area contributed by atoms with Crippen molar-refractivity contribution in [2.45, 2.75) is 18.2 Å². The van der Waals surface area contributed by atoms with Crippen LogP contribution in [0.4, 0.5) is 8.78 Å². The van der Waals surface area contributed by atoms with Crippen LogP contribution in [0.1, 0.15) is 13.3 Å². The van der Waals surface area contributed by atoms with Crippen LogP contribution in [0.25, 0.3) is 0 Å². The van der Waals surface area contributed by atoms with E-state index in [1.165, 1.54) is 0 Å². The third-order valence-electron chi connectivity index (χ3n) is 2.17. The van der Waals surface area contributed by atoms with Gasteiger partial charge in [0.1, 0.15) is 4.90 Å². The lowest BCUT2D eigenvalue weighted by atomic mass is 10.3. The van der Waals surface area contributed by atoms with E-state index in [9.17, 15) is 17.2 Å². The van der Waals surface area contributed by atoms with Gasteiger partial charge in [-0.05, 0) is 30.1 Å². The lowest BCUT2D eigenvalue weighted by Gasteiger charge is -2.08. The van der Waals surface area contributed by atoms with E-state index in [-0.39, 0.29) is 12.4 Å². The summed E-state index contributed by atoms with van der Waals surface area (Å²) in [5.41, 5.74) is 0. The molecule has 108 valence electrons. The van der Waals surface area contributed by atoms with Crippen molar-refractivity contribution < 1.29 is 21.9 Å². The Hall–Kier alpha value is -0.530. The highest BCUT2D eigenvalue weighted by Crippen LogP contribution is 2.27. The van der Waals surface area contributed by atoms with E-state index in [1.807, 2.05) is 6.92 Å². The second-order valence-corrected chi connectivity index (χ2v) is 7.45. The quantitative estimate of drug-likeness (QED) is 0.567. The molecule has 0 saturated carbocycles. The van der Waals surface area contributed by atoms with Crippen LogP contribution in [0.5, 0.6) is 5.75 Å². The highest BCUT2D eigenvalue weighted by atomic mass is 35.7. The zero-order chi connectivity index (χ0) is 14.5. The largest absolute Gasteiger partial charge is 0.490 e. The molecule has 1 aromatic rings. The fourth-order valence-electron chi connectivity index (χ4n) is 1.30. The van der Waals surface area contributed by atoms with Crippen LogP contribution in [0.2, 0.25) is 0 Å². The molecule has 0 amide bonds. The van der Waals surface area contributed by atoms with Gasteiger partial charge in [0.25, 0.3) is 9.05 Å². The Labute approximate surface area is 119 Å². The van der Waals surface area contributed by atoms with E-state index in [2.05, 4.69) is 0 Å². The van der Waals surface area contributed by atoms with Crippen LogP contribution >= 0.6 is 22.4 Å². The average Bonchev–Trinajstić information content (AvgIpc) is 2.32. The summed E-state index contributed by atoms with van der Waals surface area (Å²) in [5.74, 6) is -1.34. The Morgan fingerprint density at radius 1 is 1.32 bits per heavy atom. The number of hydrogen-bond acceptors (Lipinski definition) is 4. The normalized spacial score (nSPS) is 11.6. The number of thioether (sulfide) groups is 1. The molecule has 1 rings (SSSR count). The van der Waals surface area contributed by atoms with Crippen molar-refractivity contribution >= 4 is 31.5 Å². The molecule has 0 aliphatic heterocycles. The van der Waals surface area contributed by atoms with Gasteiger partial charge < -0.3 is 4.74 Å². The van der Waals surface area contributed by atoms with Gasteiger partial charge in [0, 0.05) is 10.7 Å². The summed E-state index contributed by atoms with van der Waals surface area (Å²) in [4.78, 5) is -0.888. The predicted octanol–water partition coefficient (Wildman–Crippen LogP) is 3.41. The first-order valence-electron chi connectivity index (χ1n) is 5.51. The fraction of sp³-hybridized carbons (Fsp3) is 0.455. The zero-order valence-corrected chi connectivity index (χ0v) is 12.5. The fourth-order valence-corrected chi connectivity index (χ4v) is 2.80. The summed E-state index contributed by atoms with van der Waals surface area (Å²) in [6.07, 6.45) is 0.690. The van der Waals surface area contributed by atoms with Gasteiger partial charge in [-0.3, -0.25) is 0 Å². The molecule has 0 aliphatic carbocycles. The second-order valence-electron chi connectivity index (χ2n) is 3.53. The standard InChI is InChI=1S/C11H13ClF2O3S2/c1-2-18-7-3-6-17-8-4-5-9(19(12,15)16)11(14)10(8)13/h4-5H,2-3,6-7H2,1H3. The molecule has 0 aromatic heterocycles. The van der Waals surface area contributed by atoms with Crippen LogP contribution in [-0.2, 0) is 9.05 Å². The van der Waals surface area contributed by atoms with Crippen LogP contribution in [0.3, 0.4) is 0 Å². The number of halogens is 3. The Morgan fingerprint density at radius 3 is 2.58 bits per heavy atom. The molecule has 0 spiro atoms. The van der Waals surface area contributed by atoms with E-state index >= 15 is 0 Å². The van der Waals surface area contributed by atoms with E-state index in [4.69, 9.17) is 15.4 Å². The first-order chi connectivity index (χ1) is 8.88. The first-order valence-corrected chi connectivity index (χ1v) is 8.97. The van der Waals surface area contributed by atoms with Gasteiger partial charge >= 0.3 is 0 Å². The summed E-state index contributed by atoms with van der Waals surface area (Å²) >= 11 is 1.71. The van der Waals surface area contributed by atoms with Crippen LogP contribution in [0, 0.1) is 11.6 Å². The monoisotopic (exact) mass is 330 g/mol. The maximum atomic E-state index is 13.5. The Kier molecular flexibility index (Phi) is 6.35. The number of rotatable bonds is 7. The molecule has 1 aromatic carbocycles. The van der Waals surface area contributed by atoms with Crippen molar-refractivity contribution in [2.75, 3.05) is 18.1 Å². The third kappa shape index (κ3) is 4.81. The van der Waals surface area contributed by atoms with Gasteiger partial charge in [-0.1, -0.05) is 6.92 Å². The molecule has 3 nitrogen and oxygen atoms in total. The van der Waals surface area contributed by atoms with E-state index in [0.29, 0.717) is 6.42 Å². The minimum Gasteiger partial charge on any atom is -0.490 e. The molecule has 0 bridgehead atoms. The second kappa shape index (κ2) is 7.31. The predicted molar refractivity (Wildman–Crippen MR) is 72.5 cm³/mol. The van der Waals surface area contributed by atoms with E-state index < -0.39 is 25.6 Å². The molecular formula is C11H13ClF2O3S2. The molecule has 8 heteroatoms. The van der Waals surface area contributed by atoms with Crippen molar-refractivity contribution in [3.8, 4) is 5.75 Å². The van der Waals surface area contributed by atoms with Gasteiger partial charge in [-0.2, -0.15) is 16.2 Å². The van der Waals surface area contributed by atoms with Gasteiger partial charge in [0.15, 0.2) is 11.6 Å². The lowest BCUT2D eigenvalue weighted by Crippen LogP contribution is -2.04. The number of hydrogen-bond donors (Lipinski definition) is 0. The zero-order valence-electron chi connectivity index (χ0n) is 10.2. The van der Waals surface area contributed by atoms with E-state index in [1.54, 1.807) is 11.8 Å². The van der Waals surface area contributed by atoms with Crippen LogP contribution in [-0.4, -0.2) is 26.5 Å². The number of benzene rings is 1. The highest BCUT2D eigenvalue weighted by Gasteiger charge is 2.22. The minimum atomic E-state index is -4.31. The average molecular weight is 331 g/mol. The summed E-state index contributed by atoms with van der Waals surface area (Å²) in [7, 11) is 0.665. The summed E-state index contributed by atoms with van der Waals surface area (Å²) in [5, 5.41) is 0. The van der Waals surface area contributed by atoms with Crippen molar-refractivity contribution in [2.24, 2.45) is 0 Å². The summed E-state index contributed by atoms with van der Waals surface area (Å²) in [6, 6.07) is 1.94. The molecule has 0 fully saturated rings. The smallest absolute Gasteiger partial charge is 0.264 e. The molecule has 0 aliphatic rings. The SMILES string of the molecule is CCSCCCOc1ccc(S(=O)(=O)Cl)c(F)c1F. The Bertz CT molecular complexity index is 535. The van der Waals surface area contributed by atoms with Crippen molar-refractivity contribution in [1.29, 1.82) is 0 Å². The molecule has 0 heterocycles. The molecule has 0 radical (unpaired) electrons. The molecular weight excluding hydrogens is 318 g/mol. The molecule has 0 saturated heterocycles. The summed E-state index contributed by atoms with van der Waals surface area (Å²) < 4.78 is 54.0. The van der Waals surface area contributed by atoms with Crippen molar-refractivity contribution in [1.82, 2.24) is 0 Å². The minimum absolute atomic E-state index is 0.232. The summed E-state index contributed by atoms with van der Waals surface area (Å²) in [6.45, 7) is 2.25. The third-order valence-corrected chi connectivity index (χ3v) is 4.49. The van der Waals surface area contributed by atoms with Crippen LogP contribution < -0.4 is 4.74 Å². The lowest BCUT2D eigenvalue weighted by molar-refractivity contribution is 0.294. The Balaban J connectivity index is 2.75. The first kappa shape index (κ1) is 16.5. The maximum absolute atomic E-state index is 13.5. The van der Waals surface area contributed by atoms with Gasteiger partial charge in [-0.15, -0.1) is 0 Å². The van der Waals surface area contributed by atoms with Gasteiger partial charge in [0.05, 0.1) is 6.61 Å². The van der Waals surface area contributed by atoms with Gasteiger partial charge in [-0.25, -0.2) is 12.8 Å². The Morgan fingerprint density at radius 2 is 2.00 bits per heavy atom. The van der Waals surface area contributed by atoms with Crippen molar-refractivity contribution in [3.63, 3.8) is 0 Å². The molecule has 19 heavy (non-hydrogen) atoms. The molecule has 0 atom stereocenters. The molecule has 0 N–H and O–H groups in total.